The molecule has 0 spiro atoms. The van der Waals surface area contributed by atoms with E-state index in [1.807, 2.05) is 30.3 Å². The van der Waals surface area contributed by atoms with Crippen LogP contribution in [0.1, 0.15) is 32.6 Å². The Bertz CT molecular complexity index is 1360. The molecule has 12 heteroatoms. The number of hydrogen-bond donors (Lipinski definition) is 1. The summed E-state index contributed by atoms with van der Waals surface area (Å²) < 4.78 is 33.3. The molecule has 0 bridgehead atoms. The van der Waals surface area contributed by atoms with Crippen molar-refractivity contribution in [1.82, 2.24) is 0 Å². The van der Waals surface area contributed by atoms with Crippen molar-refractivity contribution in [3.8, 4) is 0 Å². The molecule has 2 aliphatic heterocycles. The fourth-order valence-corrected chi connectivity index (χ4v) is 4.53. The average molecular weight is 621 g/mol. The molecule has 0 aliphatic carbocycles. The van der Waals surface area contributed by atoms with E-state index >= 15 is 0 Å². The van der Waals surface area contributed by atoms with Gasteiger partial charge in [0.15, 0.2) is 12.4 Å². The lowest BCUT2D eigenvalue weighted by Gasteiger charge is -2.48. The van der Waals surface area contributed by atoms with E-state index in [1.165, 1.54) is 0 Å². The molecule has 41 heavy (non-hydrogen) atoms. The molecule has 2 saturated heterocycles. The molecule has 3 aromatic carbocycles. The van der Waals surface area contributed by atoms with E-state index in [1.54, 1.807) is 60.7 Å². The smallest absolute Gasteiger partial charge is 0.338 e. The lowest BCUT2D eigenvalue weighted by Crippen LogP contribution is -2.64. The SMILES string of the molecule is N=C(O[C@H]1O[C@@H]2CO[C@@H](c3ccccc3)O[C@H]2[C@H](OC(=O)c2ccccc2)[C@H]1OC(=O)c1ccccc1)C(Cl)(Cl)Cl. The average Bonchev–Trinajstić information content (AvgIpc) is 2.99. The van der Waals surface area contributed by atoms with Gasteiger partial charge in [-0.05, 0) is 24.3 Å². The number of rotatable bonds is 6. The van der Waals surface area contributed by atoms with Crippen molar-refractivity contribution >= 4 is 52.6 Å². The topological polar surface area (TPSA) is 113 Å². The first kappa shape index (κ1) is 29.3. The minimum atomic E-state index is -2.25. The second kappa shape index (κ2) is 12.8. The Hall–Kier alpha value is -3.18. The molecule has 0 unspecified atom stereocenters. The largest absolute Gasteiger partial charge is 0.452 e. The highest BCUT2D eigenvalue weighted by molar-refractivity contribution is 6.76. The van der Waals surface area contributed by atoms with Crippen LogP contribution in [0.25, 0.3) is 0 Å². The fraction of sp³-hybridized carbons (Fsp3) is 0.276. The lowest BCUT2D eigenvalue weighted by atomic mass is 9.97. The quantitative estimate of drug-likeness (QED) is 0.163. The van der Waals surface area contributed by atoms with Gasteiger partial charge in [-0.2, -0.15) is 0 Å². The summed E-state index contributed by atoms with van der Waals surface area (Å²) in [6.07, 6.45) is -6.93. The summed E-state index contributed by atoms with van der Waals surface area (Å²) in [5.74, 6) is -2.27. The molecular formula is C29H24Cl3NO8. The molecule has 0 saturated carbocycles. The van der Waals surface area contributed by atoms with E-state index < -0.39 is 58.6 Å². The van der Waals surface area contributed by atoms with Crippen LogP contribution in [0, 0.1) is 5.41 Å². The molecule has 0 amide bonds. The van der Waals surface area contributed by atoms with Gasteiger partial charge in [-0.25, -0.2) is 9.59 Å². The van der Waals surface area contributed by atoms with Crippen molar-refractivity contribution in [3.63, 3.8) is 0 Å². The van der Waals surface area contributed by atoms with E-state index in [4.69, 9.17) is 68.6 Å². The molecule has 5 rings (SSSR count). The molecule has 0 aromatic heterocycles. The summed E-state index contributed by atoms with van der Waals surface area (Å²) in [4.78, 5) is 26.5. The normalized spacial score (nSPS) is 25.8. The number of carbonyl (C=O) groups excluding carboxylic acids is 2. The summed E-state index contributed by atoms with van der Waals surface area (Å²) in [6.45, 7) is -0.00999. The van der Waals surface area contributed by atoms with Gasteiger partial charge in [0.1, 0.15) is 12.2 Å². The van der Waals surface area contributed by atoms with Crippen molar-refractivity contribution in [1.29, 1.82) is 5.41 Å². The van der Waals surface area contributed by atoms with Gasteiger partial charge in [-0.15, -0.1) is 0 Å². The maximum Gasteiger partial charge on any atom is 0.338 e. The van der Waals surface area contributed by atoms with E-state index in [2.05, 4.69) is 0 Å². The Kier molecular flexibility index (Phi) is 9.13. The van der Waals surface area contributed by atoms with Crippen molar-refractivity contribution in [3.05, 3.63) is 108 Å². The minimum absolute atomic E-state index is 0.00999. The summed E-state index contributed by atoms with van der Waals surface area (Å²) in [5.41, 5.74) is 1.18. The number of nitrogens with one attached hydrogen (secondary N) is 1. The number of carbonyl (C=O) groups is 2. The van der Waals surface area contributed by atoms with Crippen molar-refractivity contribution < 1.29 is 38.0 Å². The Labute approximate surface area is 250 Å². The summed E-state index contributed by atoms with van der Waals surface area (Å²) in [7, 11) is 0. The second-order valence-electron chi connectivity index (χ2n) is 9.14. The van der Waals surface area contributed by atoms with E-state index in [9.17, 15) is 9.59 Å². The first-order chi connectivity index (χ1) is 19.7. The lowest BCUT2D eigenvalue weighted by molar-refractivity contribution is -0.350. The fourth-order valence-electron chi connectivity index (χ4n) is 4.40. The van der Waals surface area contributed by atoms with E-state index in [0.717, 1.165) is 0 Å². The third-order valence-corrected chi connectivity index (χ3v) is 6.87. The van der Waals surface area contributed by atoms with Crippen LogP contribution in [0.3, 0.4) is 0 Å². The predicted molar refractivity (Wildman–Crippen MR) is 149 cm³/mol. The molecular weight excluding hydrogens is 597 g/mol. The van der Waals surface area contributed by atoms with Crippen LogP contribution in [0.2, 0.25) is 0 Å². The number of hydrogen-bond acceptors (Lipinski definition) is 9. The van der Waals surface area contributed by atoms with Crippen molar-refractivity contribution in [2.45, 2.75) is 40.8 Å². The molecule has 2 fully saturated rings. The zero-order valence-corrected chi connectivity index (χ0v) is 23.5. The maximum absolute atomic E-state index is 13.3. The van der Waals surface area contributed by atoms with Crippen LogP contribution < -0.4 is 0 Å². The van der Waals surface area contributed by atoms with Gasteiger partial charge in [0.2, 0.25) is 18.3 Å². The molecule has 1 N–H and O–H groups in total. The van der Waals surface area contributed by atoms with Gasteiger partial charge in [-0.3, -0.25) is 5.41 Å². The van der Waals surface area contributed by atoms with Crippen molar-refractivity contribution in [2.75, 3.05) is 6.61 Å². The third kappa shape index (κ3) is 7.01. The first-order valence-electron chi connectivity index (χ1n) is 12.5. The highest BCUT2D eigenvalue weighted by atomic mass is 35.6. The monoisotopic (exact) mass is 619 g/mol. The maximum atomic E-state index is 13.3. The molecule has 9 nitrogen and oxygen atoms in total. The van der Waals surface area contributed by atoms with Crippen LogP contribution in [-0.2, 0) is 28.4 Å². The number of benzene rings is 3. The Morgan fingerprint density at radius 2 is 1.24 bits per heavy atom. The number of alkyl halides is 3. The molecule has 2 aliphatic rings. The summed E-state index contributed by atoms with van der Waals surface area (Å²) >= 11 is 17.6. The Morgan fingerprint density at radius 3 is 1.78 bits per heavy atom. The van der Waals surface area contributed by atoms with E-state index in [-0.39, 0.29) is 17.7 Å². The first-order valence-corrected chi connectivity index (χ1v) is 13.7. The van der Waals surface area contributed by atoms with Crippen LogP contribution >= 0.6 is 34.8 Å². The molecule has 6 atom stereocenters. The van der Waals surface area contributed by atoms with Crippen LogP contribution in [0.4, 0.5) is 0 Å². The van der Waals surface area contributed by atoms with E-state index in [0.29, 0.717) is 5.56 Å². The number of esters is 2. The van der Waals surface area contributed by atoms with Crippen LogP contribution in [0.5, 0.6) is 0 Å². The predicted octanol–water partition coefficient (Wildman–Crippen LogP) is 5.64. The second-order valence-corrected chi connectivity index (χ2v) is 11.4. The number of ether oxygens (including phenoxy) is 6. The number of halogens is 3. The van der Waals surface area contributed by atoms with Gasteiger partial charge in [0, 0.05) is 5.56 Å². The minimum Gasteiger partial charge on any atom is -0.452 e. The third-order valence-electron chi connectivity index (χ3n) is 6.35. The Morgan fingerprint density at radius 1 is 0.732 bits per heavy atom. The Balaban J connectivity index is 1.51. The molecule has 2 heterocycles. The van der Waals surface area contributed by atoms with Crippen molar-refractivity contribution in [2.24, 2.45) is 0 Å². The summed E-state index contributed by atoms with van der Waals surface area (Å²) in [5, 5.41) is 8.12. The van der Waals surface area contributed by atoms with Gasteiger partial charge in [-0.1, -0.05) is 102 Å². The standard InChI is InChI=1S/C29H24Cl3NO8/c30-29(31,32)28(33)41-27-23(39-25(35)18-12-6-2-7-13-18)22(38-24(34)17-10-4-1-5-11-17)21-20(37-27)16-36-26(40-21)19-14-8-3-9-15-19/h1-15,20-23,26-27,33H,16H2/t20-,21-,22+,23-,26-,27-/m1/s1. The summed E-state index contributed by atoms with van der Waals surface area (Å²) in [6, 6.07) is 25.6. The molecule has 0 radical (unpaired) electrons. The van der Waals surface area contributed by atoms with Gasteiger partial charge in [0.05, 0.1) is 17.7 Å². The molecule has 214 valence electrons. The van der Waals surface area contributed by atoms with Crippen LogP contribution in [0.15, 0.2) is 91.0 Å². The van der Waals surface area contributed by atoms with Crippen LogP contribution in [-0.4, -0.2) is 58.9 Å². The van der Waals surface area contributed by atoms with Gasteiger partial charge >= 0.3 is 11.9 Å². The highest BCUT2D eigenvalue weighted by Gasteiger charge is 2.55. The van der Waals surface area contributed by atoms with Gasteiger partial charge in [0.25, 0.3) is 3.79 Å². The zero-order chi connectivity index (χ0) is 29.0. The molecule has 3 aromatic rings. The number of fused-ring (bicyclic) bond motifs is 1. The highest BCUT2D eigenvalue weighted by Crippen LogP contribution is 2.38. The zero-order valence-electron chi connectivity index (χ0n) is 21.2. The van der Waals surface area contributed by atoms with Gasteiger partial charge < -0.3 is 28.4 Å².